The third kappa shape index (κ3) is 6.04. The first kappa shape index (κ1) is 17.3. The number of nitrogens with zero attached hydrogens (tertiary/aromatic N) is 2. The number of nitrogens with one attached hydrogen (secondary N) is 2. The molecule has 1 aromatic rings. The minimum Gasteiger partial charge on any atom is -0.496 e. The first-order valence-corrected chi connectivity index (χ1v) is 7.35. The van der Waals surface area contributed by atoms with Crippen molar-refractivity contribution in [2.45, 2.75) is 26.4 Å². The van der Waals surface area contributed by atoms with Crippen LogP contribution in [0.5, 0.6) is 5.75 Å². The molecule has 0 bridgehead atoms. The average molecular weight is 292 g/mol. The second kappa shape index (κ2) is 9.23. The molecular weight excluding hydrogens is 264 g/mol. The highest BCUT2D eigenvalue weighted by molar-refractivity contribution is 5.79. The van der Waals surface area contributed by atoms with Crippen LogP contribution in [-0.4, -0.2) is 51.2 Å². The van der Waals surface area contributed by atoms with Gasteiger partial charge >= 0.3 is 0 Å². The number of likely N-dealkylation sites (N-methyl/N-ethyl adjacent to an activating group) is 1. The van der Waals surface area contributed by atoms with Gasteiger partial charge in [0, 0.05) is 38.3 Å². The van der Waals surface area contributed by atoms with Crippen LogP contribution in [0, 0.1) is 0 Å². The molecule has 0 fully saturated rings. The van der Waals surface area contributed by atoms with Crippen LogP contribution in [0.15, 0.2) is 29.3 Å². The number of para-hydroxylation sites is 1. The van der Waals surface area contributed by atoms with Gasteiger partial charge in [-0.05, 0) is 27.0 Å². The number of rotatable bonds is 7. The largest absolute Gasteiger partial charge is 0.496 e. The predicted octanol–water partition coefficient (Wildman–Crippen LogP) is 1.70. The molecule has 0 spiro atoms. The fourth-order valence-corrected chi connectivity index (χ4v) is 1.86. The lowest BCUT2D eigenvalue weighted by molar-refractivity contribution is 0.278. The Kier molecular flexibility index (Phi) is 7.61. The standard InChI is InChI=1S/C16H28N4O/c1-13(2)20(4)11-10-18-16(17-3)19-12-14-8-6-7-9-15(14)21-5/h6-9,13H,10-12H2,1-5H3,(H2,17,18,19). The average Bonchev–Trinajstić information content (AvgIpc) is 2.50. The monoisotopic (exact) mass is 292 g/mol. The van der Waals surface area contributed by atoms with E-state index in [9.17, 15) is 0 Å². The second-order valence-corrected chi connectivity index (χ2v) is 5.24. The molecule has 0 aliphatic carbocycles. The molecule has 0 aromatic heterocycles. The maximum absolute atomic E-state index is 5.34. The van der Waals surface area contributed by atoms with Crippen LogP contribution in [0.25, 0.3) is 0 Å². The minimum absolute atomic E-state index is 0.551. The highest BCUT2D eigenvalue weighted by Crippen LogP contribution is 2.16. The normalized spacial score (nSPS) is 11.9. The smallest absolute Gasteiger partial charge is 0.191 e. The molecule has 0 amide bonds. The van der Waals surface area contributed by atoms with Crippen molar-refractivity contribution in [1.82, 2.24) is 15.5 Å². The van der Waals surface area contributed by atoms with Gasteiger partial charge in [0.2, 0.25) is 0 Å². The molecule has 5 heteroatoms. The Hall–Kier alpha value is -1.75. The van der Waals surface area contributed by atoms with Crippen LogP contribution in [-0.2, 0) is 6.54 Å². The number of ether oxygens (including phenoxy) is 1. The zero-order chi connectivity index (χ0) is 15.7. The molecule has 0 aliphatic heterocycles. The highest BCUT2D eigenvalue weighted by Gasteiger charge is 2.05. The lowest BCUT2D eigenvalue weighted by Gasteiger charge is -2.21. The zero-order valence-electron chi connectivity index (χ0n) is 13.8. The summed E-state index contributed by atoms with van der Waals surface area (Å²) in [7, 11) is 5.59. The maximum atomic E-state index is 5.34. The third-order valence-corrected chi connectivity index (χ3v) is 3.50. The van der Waals surface area contributed by atoms with E-state index in [0.29, 0.717) is 12.6 Å². The van der Waals surface area contributed by atoms with Crippen molar-refractivity contribution >= 4 is 5.96 Å². The lowest BCUT2D eigenvalue weighted by Crippen LogP contribution is -2.41. The number of benzene rings is 1. The number of aliphatic imine (C=N–C) groups is 1. The van der Waals surface area contributed by atoms with Crippen molar-refractivity contribution in [3.8, 4) is 5.75 Å². The van der Waals surface area contributed by atoms with Crippen molar-refractivity contribution in [2.24, 2.45) is 4.99 Å². The van der Waals surface area contributed by atoms with Gasteiger partial charge in [0.25, 0.3) is 0 Å². The van der Waals surface area contributed by atoms with Crippen molar-refractivity contribution in [1.29, 1.82) is 0 Å². The van der Waals surface area contributed by atoms with Crippen LogP contribution >= 0.6 is 0 Å². The van der Waals surface area contributed by atoms with Gasteiger partial charge in [-0.25, -0.2) is 0 Å². The summed E-state index contributed by atoms with van der Waals surface area (Å²) in [5.41, 5.74) is 1.11. The molecule has 1 rings (SSSR count). The van der Waals surface area contributed by atoms with E-state index < -0.39 is 0 Å². The minimum atomic E-state index is 0.551. The van der Waals surface area contributed by atoms with Crippen LogP contribution in [0.2, 0.25) is 0 Å². The molecule has 0 radical (unpaired) electrons. The fraction of sp³-hybridized carbons (Fsp3) is 0.562. The Labute approximate surface area is 128 Å². The molecule has 118 valence electrons. The van der Waals surface area contributed by atoms with Gasteiger partial charge in [-0.2, -0.15) is 0 Å². The van der Waals surface area contributed by atoms with Gasteiger partial charge in [-0.1, -0.05) is 18.2 Å². The quantitative estimate of drug-likeness (QED) is 0.593. The van der Waals surface area contributed by atoms with Crippen molar-refractivity contribution < 1.29 is 4.74 Å². The molecular formula is C16H28N4O. The van der Waals surface area contributed by atoms with E-state index in [1.165, 1.54) is 0 Å². The Balaban J connectivity index is 2.41. The highest BCUT2D eigenvalue weighted by atomic mass is 16.5. The van der Waals surface area contributed by atoms with Crippen molar-refractivity contribution in [2.75, 3.05) is 34.3 Å². The van der Waals surface area contributed by atoms with Crippen molar-refractivity contribution in [3.05, 3.63) is 29.8 Å². The van der Waals surface area contributed by atoms with E-state index in [2.05, 4.69) is 41.4 Å². The summed E-state index contributed by atoms with van der Waals surface area (Å²) in [6.07, 6.45) is 0. The third-order valence-electron chi connectivity index (χ3n) is 3.50. The Morgan fingerprint density at radius 2 is 2.00 bits per heavy atom. The molecule has 0 saturated heterocycles. The Bertz CT molecular complexity index is 446. The number of hydrogen-bond donors (Lipinski definition) is 2. The molecule has 0 aliphatic rings. The number of guanidine groups is 1. The predicted molar refractivity (Wildman–Crippen MR) is 89.0 cm³/mol. The van der Waals surface area contributed by atoms with Gasteiger partial charge in [0.1, 0.15) is 5.75 Å². The number of methoxy groups -OCH3 is 1. The summed E-state index contributed by atoms with van der Waals surface area (Å²) in [6.45, 7) is 6.90. The van der Waals surface area contributed by atoms with Gasteiger partial charge in [-0.15, -0.1) is 0 Å². The molecule has 0 heterocycles. The summed E-state index contributed by atoms with van der Waals surface area (Å²) < 4.78 is 5.34. The summed E-state index contributed by atoms with van der Waals surface area (Å²) in [5.74, 6) is 1.69. The fourth-order valence-electron chi connectivity index (χ4n) is 1.86. The lowest BCUT2D eigenvalue weighted by atomic mass is 10.2. The van der Waals surface area contributed by atoms with E-state index in [-0.39, 0.29) is 0 Å². The molecule has 0 atom stereocenters. The topological polar surface area (TPSA) is 48.9 Å². The summed E-state index contributed by atoms with van der Waals surface area (Å²) >= 11 is 0. The first-order chi connectivity index (χ1) is 10.1. The number of hydrogen-bond acceptors (Lipinski definition) is 3. The Morgan fingerprint density at radius 1 is 1.29 bits per heavy atom. The van der Waals surface area contributed by atoms with E-state index in [1.807, 2.05) is 24.3 Å². The van der Waals surface area contributed by atoms with Crippen LogP contribution in [0.3, 0.4) is 0 Å². The van der Waals surface area contributed by atoms with Gasteiger partial charge < -0.3 is 20.3 Å². The second-order valence-electron chi connectivity index (χ2n) is 5.24. The molecule has 5 nitrogen and oxygen atoms in total. The van der Waals surface area contributed by atoms with E-state index in [1.54, 1.807) is 14.2 Å². The summed E-state index contributed by atoms with van der Waals surface area (Å²) in [6, 6.07) is 8.54. The van der Waals surface area contributed by atoms with Crippen LogP contribution in [0.1, 0.15) is 19.4 Å². The maximum Gasteiger partial charge on any atom is 0.191 e. The Morgan fingerprint density at radius 3 is 2.62 bits per heavy atom. The molecule has 1 aromatic carbocycles. The van der Waals surface area contributed by atoms with E-state index in [0.717, 1.165) is 30.4 Å². The van der Waals surface area contributed by atoms with E-state index in [4.69, 9.17) is 4.74 Å². The molecule has 0 saturated carbocycles. The van der Waals surface area contributed by atoms with Gasteiger partial charge in [0.05, 0.1) is 7.11 Å². The summed E-state index contributed by atoms with van der Waals surface area (Å²) in [5, 5.41) is 6.62. The van der Waals surface area contributed by atoms with Crippen molar-refractivity contribution in [3.63, 3.8) is 0 Å². The van der Waals surface area contributed by atoms with Gasteiger partial charge in [-0.3, -0.25) is 4.99 Å². The first-order valence-electron chi connectivity index (χ1n) is 7.35. The molecule has 0 unspecified atom stereocenters. The van der Waals surface area contributed by atoms with E-state index >= 15 is 0 Å². The van der Waals surface area contributed by atoms with Crippen LogP contribution in [0.4, 0.5) is 0 Å². The molecule has 21 heavy (non-hydrogen) atoms. The SMILES string of the molecule is CN=C(NCCN(C)C(C)C)NCc1ccccc1OC. The summed E-state index contributed by atoms with van der Waals surface area (Å²) in [4.78, 5) is 6.53. The molecule has 2 N–H and O–H groups in total. The van der Waals surface area contributed by atoms with Gasteiger partial charge in [0.15, 0.2) is 5.96 Å². The van der Waals surface area contributed by atoms with Crippen LogP contribution < -0.4 is 15.4 Å². The zero-order valence-corrected chi connectivity index (χ0v) is 13.8.